The van der Waals surface area contributed by atoms with E-state index >= 15 is 0 Å². The number of ketones is 1. The molecule has 0 aliphatic carbocycles. The van der Waals surface area contributed by atoms with Crippen LogP contribution in [0, 0.1) is 0 Å². The molecule has 0 saturated heterocycles. The molecule has 1 N–H and O–H groups in total. The maximum absolute atomic E-state index is 12.4. The van der Waals surface area contributed by atoms with E-state index in [4.69, 9.17) is 4.74 Å². The van der Waals surface area contributed by atoms with Gasteiger partial charge in [0.25, 0.3) is 0 Å². The number of esters is 1. The van der Waals surface area contributed by atoms with Crippen LogP contribution in [-0.2, 0) is 11.2 Å². The number of carbonyl (C=O) groups is 2. The van der Waals surface area contributed by atoms with E-state index in [2.05, 4.69) is 12.2 Å². The third-order valence-corrected chi connectivity index (χ3v) is 3.72. The Morgan fingerprint density at radius 2 is 1.74 bits per heavy atom. The number of carbonyl (C=O) groups excluding carboxylic acids is 2. The smallest absolute Gasteiger partial charge is 0.340 e. The Labute approximate surface area is 136 Å². The molecule has 0 bridgehead atoms. The highest BCUT2D eigenvalue weighted by molar-refractivity contribution is 6.02. The van der Waals surface area contributed by atoms with Crippen LogP contribution in [0.1, 0.15) is 40.1 Å². The van der Waals surface area contributed by atoms with E-state index in [1.54, 1.807) is 44.3 Å². The maximum Gasteiger partial charge on any atom is 0.340 e. The molecule has 0 saturated carbocycles. The molecule has 0 aliphatic heterocycles. The molecule has 0 unspecified atom stereocenters. The minimum atomic E-state index is -0.833. The highest BCUT2D eigenvalue weighted by Crippen LogP contribution is 2.17. The number of anilines is 1. The number of hydrogen-bond donors (Lipinski definition) is 1. The minimum absolute atomic E-state index is 0.206. The van der Waals surface area contributed by atoms with E-state index in [1.165, 1.54) is 0 Å². The molecule has 0 amide bonds. The third-order valence-electron chi connectivity index (χ3n) is 3.72. The Bertz CT molecular complexity index is 692. The number of hydrogen-bond acceptors (Lipinski definition) is 4. The second kappa shape index (κ2) is 7.58. The average Bonchev–Trinajstić information content (AvgIpc) is 2.60. The molecule has 0 spiro atoms. The van der Waals surface area contributed by atoms with Gasteiger partial charge in [-0.15, -0.1) is 0 Å². The Morgan fingerprint density at radius 3 is 2.35 bits per heavy atom. The highest BCUT2D eigenvalue weighted by atomic mass is 16.5. The first-order chi connectivity index (χ1) is 11.1. The van der Waals surface area contributed by atoms with E-state index in [1.807, 2.05) is 18.2 Å². The Kier molecular flexibility index (Phi) is 5.52. The number of para-hydroxylation sites is 1. The van der Waals surface area contributed by atoms with Gasteiger partial charge in [0.15, 0.2) is 6.10 Å². The van der Waals surface area contributed by atoms with Crippen LogP contribution < -0.4 is 5.32 Å². The monoisotopic (exact) mass is 311 g/mol. The molecule has 0 fully saturated rings. The molecule has 120 valence electrons. The van der Waals surface area contributed by atoms with Crippen molar-refractivity contribution in [3.05, 3.63) is 65.2 Å². The van der Waals surface area contributed by atoms with Gasteiger partial charge in [-0.3, -0.25) is 4.79 Å². The van der Waals surface area contributed by atoms with Crippen LogP contribution in [0.15, 0.2) is 48.5 Å². The summed E-state index contributed by atoms with van der Waals surface area (Å²) < 4.78 is 5.32. The van der Waals surface area contributed by atoms with Crippen molar-refractivity contribution < 1.29 is 14.3 Å². The maximum atomic E-state index is 12.4. The lowest BCUT2D eigenvalue weighted by atomic mass is 10.0. The zero-order chi connectivity index (χ0) is 16.8. The summed E-state index contributed by atoms with van der Waals surface area (Å²) in [4.78, 5) is 24.6. The summed E-state index contributed by atoms with van der Waals surface area (Å²) in [5.74, 6) is -0.719. The van der Waals surface area contributed by atoms with Crippen molar-refractivity contribution >= 4 is 17.4 Å². The van der Waals surface area contributed by atoms with Gasteiger partial charge in [0, 0.05) is 18.3 Å². The summed E-state index contributed by atoms with van der Waals surface area (Å²) in [5, 5.41) is 2.94. The molecule has 0 heterocycles. The molecule has 4 heteroatoms. The second-order valence-electron chi connectivity index (χ2n) is 5.26. The molecule has 4 nitrogen and oxygen atoms in total. The van der Waals surface area contributed by atoms with Crippen LogP contribution >= 0.6 is 0 Å². The van der Waals surface area contributed by atoms with E-state index in [0.717, 1.165) is 12.0 Å². The molecule has 2 aromatic carbocycles. The number of Topliss-reactive ketones (excluding diaryl/α,β-unsaturated/α-hetero) is 1. The SMILES string of the molecule is CCc1ccc(C(=O)[C@H](C)OC(=O)c2ccccc2NC)cc1. The lowest BCUT2D eigenvalue weighted by Crippen LogP contribution is -2.24. The van der Waals surface area contributed by atoms with Crippen molar-refractivity contribution in [2.45, 2.75) is 26.4 Å². The third kappa shape index (κ3) is 3.97. The zero-order valence-electron chi connectivity index (χ0n) is 13.6. The first-order valence-electron chi connectivity index (χ1n) is 7.67. The highest BCUT2D eigenvalue weighted by Gasteiger charge is 2.21. The predicted octanol–water partition coefficient (Wildman–Crippen LogP) is 3.72. The normalized spacial score (nSPS) is 11.6. The molecule has 0 radical (unpaired) electrons. The molecule has 2 aromatic rings. The van der Waals surface area contributed by atoms with Crippen LogP contribution in [0.2, 0.25) is 0 Å². The standard InChI is InChI=1S/C19H21NO3/c1-4-14-9-11-15(12-10-14)18(21)13(2)23-19(22)16-7-5-6-8-17(16)20-3/h5-13,20H,4H2,1-3H3/t13-/m0/s1. The Balaban J connectivity index is 2.09. The summed E-state index contributed by atoms with van der Waals surface area (Å²) >= 11 is 0. The number of nitrogens with one attached hydrogen (secondary N) is 1. The van der Waals surface area contributed by atoms with Gasteiger partial charge < -0.3 is 10.1 Å². The lowest BCUT2D eigenvalue weighted by molar-refractivity contribution is 0.0319. The van der Waals surface area contributed by atoms with Gasteiger partial charge in [-0.25, -0.2) is 4.79 Å². The summed E-state index contributed by atoms with van der Waals surface area (Å²) in [5.41, 5.74) is 2.79. The van der Waals surface area contributed by atoms with E-state index in [-0.39, 0.29) is 5.78 Å². The van der Waals surface area contributed by atoms with E-state index < -0.39 is 12.1 Å². The number of rotatable bonds is 6. The molecule has 23 heavy (non-hydrogen) atoms. The van der Waals surface area contributed by atoms with Crippen molar-refractivity contribution in [2.24, 2.45) is 0 Å². The van der Waals surface area contributed by atoms with Crippen molar-refractivity contribution in [3.63, 3.8) is 0 Å². The Morgan fingerprint density at radius 1 is 1.09 bits per heavy atom. The van der Waals surface area contributed by atoms with Crippen molar-refractivity contribution in [2.75, 3.05) is 12.4 Å². The van der Waals surface area contributed by atoms with Gasteiger partial charge in [0.2, 0.25) is 5.78 Å². The second-order valence-corrected chi connectivity index (χ2v) is 5.26. The fourth-order valence-corrected chi connectivity index (χ4v) is 2.30. The molecular formula is C19H21NO3. The molecule has 2 rings (SSSR count). The van der Waals surface area contributed by atoms with Crippen LogP contribution in [0.3, 0.4) is 0 Å². The van der Waals surface area contributed by atoms with Gasteiger partial charge in [-0.1, -0.05) is 43.3 Å². The summed E-state index contributed by atoms with van der Waals surface area (Å²) in [6, 6.07) is 14.4. The number of benzene rings is 2. The fraction of sp³-hybridized carbons (Fsp3) is 0.263. The minimum Gasteiger partial charge on any atom is -0.451 e. The Hall–Kier alpha value is -2.62. The molecular weight excluding hydrogens is 290 g/mol. The number of aryl methyl sites for hydroxylation is 1. The predicted molar refractivity (Wildman–Crippen MR) is 91.0 cm³/mol. The fourth-order valence-electron chi connectivity index (χ4n) is 2.30. The lowest BCUT2D eigenvalue weighted by Gasteiger charge is -2.14. The topological polar surface area (TPSA) is 55.4 Å². The molecule has 0 aromatic heterocycles. The largest absolute Gasteiger partial charge is 0.451 e. The average molecular weight is 311 g/mol. The van der Waals surface area contributed by atoms with Crippen LogP contribution in [0.25, 0.3) is 0 Å². The van der Waals surface area contributed by atoms with E-state index in [0.29, 0.717) is 16.8 Å². The van der Waals surface area contributed by atoms with Gasteiger partial charge in [-0.05, 0) is 31.0 Å². The summed E-state index contributed by atoms with van der Waals surface area (Å²) in [7, 11) is 1.73. The van der Waals surface area contributed by atoms with Crippen LogP contribution in [0.5, 0.6) is 0 Å². The van der Waals surface area contributed by atoms with Crippen LogP contribution in [0.4, 0.5) is 5.69 Å². The first kappa shape index (κ1) is 16.7. The van der Waals surface area contributed by atoms with Crippen molar-refractivity contribution in [3.8, 4) is 0 Å². The van der Waals surface area contributed by atoms with Gasteiger partial charge in [0.1, 0.15) is 0 Å². The van der Waals surface area contributed by atoms with E-state index in [9.17, 15) is 9.59 Å². The van der Waals surface area contributed by atoms with Crippen molar-refractivity contribution in [1.29, 1.82) is 0 Å². The quantitative estimate of drug-likeness (QED) is 0.652. The summed E-state index contributed by atoms with van der Waals surface area (Å²) in [6.07, 6.45) is 0.0830. The summed E-state index contributed by atoms with van der Waals surface area (Å²) in [6.45, 7) is 3.65. The van der Waals surface area contributed by atoms with Gasteiger partial charge in [0.05, 0.1) is 5.56 Å². The first-order valence-corrected chi connectivity index (χ1v) is 7.67. The van der Waals surface area contributed by atoms with Gasteiger partial charge >= 0.3 is 5.97 Å². The zero-order valence-corrected chi connectivity index (χ0v) is 13.6. The van der Waals surface area contributed by atoms with Crippen LogP contribution in [-0.4, -0.2) is 24.9 Å². The molecule has 1 atom stereocenters. The van der Waals surface area contributed by atoms with Gasteiger partial charge in [-0.2, -0.15) is 0 Å². The molecule has 0 aliphatic rings. The number of ether oxygens (including phenoxy) is 1. The van der Waals surface area contributed by atoms with Crippen molar-refractivity contribution in [1.82, 2.24) is 0 Å².